The van der Waals surface area contributed by atoms with Gasteiger partial charge in [-0.25, -0.2) is 0 Å². The van der Waals surface area contributed by atoms with Crippen LogP contribution in [0.5, 0.6) is 0 Å². The number of nitrogens with zero attached hydrogens (tertiary/aromatic N) is 2. The number of hydrogen-bond donors (Lipinski definition) is 1. The largest absolute Gasteiger partial charge is 0.360 e. The monoisotopic (exact) mass is 331 g/mol. The van der Waals surface area contributed by atoms with Crippen molar-refractivity contribution in [1.82, 2.24) is 9.88 Å². The van der Waals surface area contributed by atoms with E-state index in [9.17, 15) is 4.79 Å². The number of carbonyl (C=O) groups excluding carboxylic acids is 1. The van der Waals surface area contributed by atoms with Crippen molar-refractivity contribution in [3.8, 4) is 6.07 Å². The van der Waals surface area contributed by atoms with Gasteiger partial charge in [0.25, 0.3) is 0 Å². The summed E-state index contributed by atoms with van der Waals surface area (Å²) < 4.78 is 0. The number of benzene rings is 2. The Hall–Kier alpha value is -2.90. The molecule has 1 aromatic heterocycles. The summed E-state index contributed by atoms with van der Waals surface area (Å²) in [6.45, 7) is 4.05. The third-order valence-corrected chi connectivity index (χ3v) is 4.29. The van der Waals surface area contributed by atoms with E-state index in [1.807, 2.05) is 48.5 Å². The van der Waals surface area contributed by atoms with Crippen LogP contribution in [0.25, 0.3) is 10.9 Å². The van der Waals surface area contributed by atoms with E-state index in [1.54, 1.807) is 6.20 Å². The van der Waals surface area contributed by atoms with Gasteiger partial charge in [-0.15, -0.1) is 0 Å². The Morgan fingerprint density at radius 2 is 1.92 bits per heavy atom. The molecule has 126 valence electrons. The Labute approximate surface area is 147 Å². The van der Waals surface area contributed by atoms with Gasteiger partial charge in [0.1, 0.15) is 0 Å². The molecule has 25 heavy (non-hydrogen) atoms. The molecule has 1 N–H and O–H groups in total. The first kappa shape index (κ1) is 16.9. The molecular weight excluding hydrogens is 310 g/mol. The Morgan fingerprint density at radius 3 is 2.64 bits per heavy atom. The highest BCUT2D eigenvalue weighted by Gasteiger charge is 2.16. The lowest BCUT2D eigenvalue weighted by Gasteiger charge is -2.21. The molecule has 0 bridgehead atoms. The molecule has 0 fully saturated rings. The maximum atomic E-state index is 12.8. The summed E-state index contributed by atoms with van der Waals surface area (Å²) in [4.78, 5) is 18.1. The van der Waals surface area contributed by atoms with Crippen molar-refractivity contribution in [2.75, 3.05) is 13.1 Å². The van der Waals surface area contributed by atoms with Crippen LogP contribution in [0.1, 0.15) is 34.8 Å². The van der Waals surface area contributed by atoms with Crippen LogP contribution in [0.2, 0.25) is 0 Å². The van der Waals surface area contributed by atoms with Gasteiger partial charge in [-0.05, 0) is 36.7 Å². The fourth-order valence-electron chi connectivity index (χ4n) is 3.06. The summed E-state index contributed by atoms with van der Waals surface area (Å²) in [5, 5.41) is 9.87. The lowest BCUT2D eigenvalue weighted by atomic mass is 10.1. The SMILES string of the molecule is CCCN(CC(=O)c1c[nH]c2ccccc12)Cc1ccc(C#N)cc1. The average Bonchev–Trinajstić information content (AvgIpc) is 3.07. The molecule has 0 aliphatic carbocycles. The average molecular weight is 331 g/mol. The molecule has 0 spiro atoms. The van der Waals surface area contributed by atoms with Crippen LogP contribution in [0.4, 0.5) is 0 Å². The maximum absolute atomic E-state index is 12.8. The van der Waals surface area contributed by atoms with E-state index in [1.165, 1.54) is 0 Å². The summed E-state index contributed by atoms with van der Waals surface area (Å²) in [5.74, 6) is 0.125. The van der Waals surface area contributed by atoms with Crippen molar-refractivity contribution >= 4 is 16.7 Å². The predicted molar refractivity (Wildman–Crippen MR) is 99.4 cm³/mol. The molecule has 0 saturated heterocycles. The van der Waals surface area contributed by atoms with Crippen molar-refractivity contribution in [2.45, 2.75) is 19.9 Å². The fraction of sp³-hybridized carbons (Fsp3) is 0.238. The van der Waals surface area contributed by atoms with Crippen molar-refractivity contribution in [1.29, 1.82) is 5.26 Å². The molecule has 0 radical (unpaired) electrons. The second kappa shape index (κ2) is 7.78. The molecule has 0 aliphatic rings. The lowest BCUT2D eigenvalue weighted by Crippen LogP contribution is -2.30. The van der Waals surface area contributed by atoms with E-state index < -0.39 is 0 Å². The van der Waals surface area contributed by atoms with Gasteiger partial charge in [0.2, 0.25) is 0 Å². The van der Waals surface area contributed by atoms with Gasteiger partial charge in [0.15, 0.2) is 5.78 Å². The van der Waals surface area contributed by atoms with E-state index in [-0.39, 0.29) is 5.78 Å². The van der Waals surface area contributed by atoms with Crippen molar-refractivity contribution in [3.63, 3.8) is 0 Å². The smallest absolute Gasteiger partial charge is 0.178 e. The van der Waals surface area contributed by atoms with Crippen LogP contribution in [0, 0.1) is 11.3 Å². The first-order chi connectivity index (χ1) is 12.2. The zero-order valence-corrected chi connectivity index (χ0v) is 14.3. The second-order valence-corrected chi connectivity index (χ2v) is 6.19. The highest BCUT2D eigenvalue weighted by atomic mass is 16.1. The van der Waals surface area contributed by atoms with Gasteiger partial charge >= 0.3 is 0 Å². The third kappa shape index (κ3) is 3.96. The quantitative estimate of drug-likeness (QED) is 0.662. The molecule has 3 aromatic rings. The molecule has 0 amide bonds. The van der Waals surface area contributed by atoms with Crippen molar-refractivity contribution < 1.29 is 4.79 Å². The number of carbonyl (C=O) groups is 1. The Bertz CT molecular complexity index is 903. The number of nitrogens with one attached hydrogen (secondary N) is 1. The van der Waals surface area contributed by atoms with Gasteiger partial charge in [-0.3, -0.25) is 9.69 Å². The number of fused-ring (bicyclic) bond motifs is 1. The molecule has 4 nitrogen and oxygen atoms in total. The maximum Gasteiger partial charge on any atom is 0.178 e. The molecule has 4 heteroatoms. The van der Waals surface area contributed by atoms with Crippen molar-refractivity contribution in [3.05, 3.63) is 71.4 Å². The zero-order chi connectivity index (χ0) is 17.6. The number of aromatic amines is 1. The summed E-state index contributed by atoms with van der Waals surface area (Å²) in [6.07, 6.45) is 2.79. The fourth-order valence-corrected chi connectivity index (χ4v) is 3.06. The Morgan fingerprint density at radius 1 is 1.16 bits per heavy atom. The Kier molecular flexibility index (Phi) is 5.27. The number of nitriles is 1. The van der Waals surface area contributed by atoms with E-state index in [2.05, 4.69) is 22.9 Å². The number of para-hydroxylation sites is 1. The highest BCUT2D eigenvalue weighted by Crippen LogP contribution is 2.19. The van der Waals surface area contributed by atoms with Crippen molar-refractivity contribution in [2.24, 2.45) is 0 Å². The van der Waals surface area contributed by atoms with E-state index in [0.29, 0.717) is 18.7 Å². The van der Waals surface area contributed by atoms with Crippen LogP contribution < -0.4 is 0 Å². The summed E-state index contributed by atoms with van der Waals surface area (Å²) in [6, 6.07) is 17.5. The highest BCUT2D eigenvalue weighted by molar-refractivity contribution is 6.08. The van der Waals surface area contributed by atoms with Crippen LogP contribution in [-0.2, 0) is 6.54 Å². The third-order valence-electron chi connectivity index (χ3n) is 4.29. The van der Waals surface area contributed by atoms with Gasteiger partial charge in [0, 0.05) is 29.2 Å². The molecule has 0 aliphatic heterocycles. The minimum Gasteiger partial charge on any atom is -0.360 e. The van der Waals surface area contributed by atoms with Gasteiger partial charge < -0.3 is 4.98 Å². The van der Waals surface area contributed by atoms with E-state index >= 15 is 0 Å². The standard InChI is InChI=1S/C21H21N3O/c1-2-11-24(14-17-9-7-16(12-22)8-10-17)15-21(25)19-13-23-20-6-4-3-5-18(19)20/h3-10,13,23H,2,11,14-15H2,1H3. The van der Waals surface area contributed by atoms with Gasteiger partial charge in [-0.2, -0.15) is 5.26 Å². The minimum absolute atomic E-state index is 0.125. The molecule has 2 aromatic carbocycles. The first-order valence-corrected chi connectivity index (χ1v) is 8.52. The number of rotatable bonds is 7. The van der Waals surface area contributed by atoms with Gasteiger partial charge in [0.05, 0.1) is 18.2 Å². The number of ketones is 1. The van der Waals surface area contributed by atoms with Gasteiger partial charge in [-0.1, -0.05) is 37.3 Å². The van der Waals surface area contributed by atoms with Crippen LogP contribution in [0.3, 0.4) is 0 Å². The minimum atomic E-state index is 0.125. The summed E-state index contributed by atoms with van der Waals surface area (Å²) in [7, 11) is 0. The normalized spacial score (nSPS) is 10.9. The molecule has 1 heterocycles. The first-order valence-electron chi connectivity index (χ1n) is 8.52. The van der Waals surface area contributed by atoms with Crippen LogP contribution in [0.15, 0.2) is 54.7 Å². The number of H-pyrrole nitrogens is 1. The zero-order valence-electron chi connectivity index (χ0n) is 14.3. The number of Topliss-reactive ketones (excluding diaryl/α,β-unsaturated/α-hetero) is 1. The molecule has 0 unspecified atom stereocenters. The number of aromatic nitrogens is 1. The Balaban J connectivity index is 1.74. The van der Waals surface area contributed by atoms with E-state index in [4.69, 9.17) is 5.26 Å². The van der Waals surface area contributed by atoms with E-state index in [0.717, 1.165) is 35.0 Å². The summed E-state index contributed by atoms with van der Waals surface area (Å²) >= 11 is 0. The summed E-state index contributed by atoms with van der Waals surface area (Å²) in [5.41, 5.74) is 3.50. The molecule has 3 rings (SSSR count). The second-order valence-electron chi connectivity index (χ2n) is 6.19. The topological polar surface area (TPSA) is 59.9 Å². The molecule has 0 atom stereocenters. The number of hydrogen-bond acceptors (Lipinski definition) is 3. The lowest BCUT2D eigenvalue weighted by molar-refractivity contribution is 0.0927. The predicted octanol–water partition coefficient (Wildman–Crippen LogP) is 4.13. The van der Waals surface area contributed by atoms with Crippen LogP contribution >= 0.6 is 0 Å². The molecule has 0 saturated carbocycles. The molecular formula is C21H21N3O. The van der Waals surface area contributed by atoms with Crippen LogP contribution in [-0.4, -0.2) is 28.8 Å².